The molecule has 1 atom stereocenters. The molecule has 10 heteroatoms. The van der Waals surface area contributed by atoms with Gasteiger partial charge in [-0.25, -0.2) is 4.39 Å². The number of carbonyl (C=O) groups excluding carboxylic acids is 3. The third-order valence-electron chi connectivity index (χ3n) is 3.49. The van der Waals surface area contributed by atoms with Crippen molar-refractivity contribution in [1.82, 2.24) is 0 Å². The van der Waals surface area contributed by atoms with E-state index in [1.54, 1.807) is 6.07 Å². The predicted molar refractivity (Wildman–Crippen MR) is 96.3 cm³/mol. The van der Waals surface area contributed by atoms with Crippen LogP contribution in [0.2, 0.25) is 0 Å². The Bertz CT molecular complexity index is 1210. The standard InChI is InChI=1S/C18H16FNO5S.CO2/c1-11-7-8-13(9-14(11)19)16-15(21)17(18(20)24-16)25-26(22,23)10-12-5-3-2-4-6-12;2-1-3/h2-9,16H,10,20H2,1H3;/t16-;/m1./s1/i10D2,16D;. The summed E-state index contributed by atoms with van der Waals surface area (Å²) in [6.45, 7) is 1.48. The molecule has 1 heterocycles. The molecule has 0 fully saturated rings. The molecule has 0 aromatic heterocycles. The molecule has 2 aromatic carbocycles. The summed E-state index contributed by atoms with van der Waals surface area (Å²) in [5.74, 6) is -3.86. The number of halogens is 1. The molecule has 29 heavy (non-hydrogen) atoms. The molecule has 0 saturated carbocycles. The summed E-state index contributed by atoms with van der Waals surface area (Å²) in [4.78, 5) is 28.9. The SMILES string of the molecule is O=C=O.[2H]C([2H])(c1ccccc1)S(=O)(=O)OC1=C(N)O[C@]([2H])(c2ccc(C)c(F)c2)C1=O. The number of hydrogen-bond acceptors (Lipinski definition) is 8. The smallest absolute Gasteiger partial charge is 0.373 e. The van der Waals surface area contributed by atoms with Crippen molar-refractivity contribution in [3.05, 3.63) is 82.7 Å². The first-order valence-electron chi connectivity index (χ1n) is 9.31. The number of ketones is 1. The summed E-state index contributed by atoms with van der Waals surface area (Å²) in [5.41, 5.74) is 2.33. The van der Waals surface area contributed by atoms with Crippen molar-refractivity contribution < 1.29 is 40.2 Å². The Balaban J connectivity index is 0.00000114. The van der Waals surface area contributed by atoms with Crippen LogP contribution >= 0.6 is 0 Å². The zero-order valence-electron chi connectivity index (χ0n) is 17.8. The number of aryl methyl sites for hydroxylation is 1. The topological polar surface area (TPSA) is 130 Å². The molecular formula is C19H16FNO7S. The van der Waals surface area contributed by atoms with E-state index in [4.69, 9.17) is 24.2 Å². The Kier molecular flexibility index (Phi) is 5.54. The number of Topliss-reactive ketones (excluding diaryl/α,β-unsaturated/α-hetero) is 1. The van der Waals surface area contributed by atoms with Crippen LogP contribution in [0.15, 0.2) is 60.2 Å². The van der Waals surface area contributed by atoms with E-state index in [0.717, 1.165) is 6.07 Å². The van der Waals surface area contributed by atoms with Gasteiger partial charge in [0.1, 0.15) is 11.5 Å². The molecule has 0 amide bonds. The first-order chi connectivity index (χ1) is 14.8. The summed E-state index contributed by atoms with van der Waals surface area (Å²) < 4.78 is 72.7. The maximum atomic E-state index is 13.9. The molecule has 0 unspecified atom stereocenters. The van der Waals surface area contributed by atoms with E-state index in [9.17, 15) is 17.6 Å². The van der Waals surface area contributed by atoms with E-state index in [0.29, 0.717) is 0 Å². The lowest BCUT2D eigenvalue weighted by Gasteiger charge is -2.10. The van der Waals surface area contributed by atoms with Crippen LogP contribution in [0.5, 0.6) is 0 Å². The van der Waals surface area contributed by atoms with Gasteiger partial charge in [0.25, 0.3) is 0 Å². The van der Waals surface area contributed by atoms with Crippen LogP contribution in [0.25, 0.3) is 0 Å². The highest BCUT2D eigenvalue weighted by Gasteiger charge is 2.39. The minimum absolute atomic E-state index is 0.226. The lowest BCUT2D eigenvalue weighted by Crippen LogP contribution is -2.16. The maximum absolute atomic E-state index is 13.9. The summed E-state index contributed by atoms with van der Waals surface area (Å²) in [6, 6.07) is 10.4. The molecule has 1 aliphatic rings. The second kappa shape index (κ2) is 9.13. The van der Waals surface area contributed by atoms with Gasteiger partial charge < -0.3 is 14.7 Å². The van der Waals surface area contributed by atoms with E-state index in [1.165, 1.54) is 43.3 Å². The van der Waals surface area contributed by atoms with Gasteiger partial charge in [0, 0.05) is 5.56 Å². The lowest BCUT2D eigenvalue weighted by molar-refractivity contribution is -0.191. The fourth-order valence-corrected chi connectivity index (χ4v) is 3.05. The third-order valence-corrected chi connectivity index (χ3v) is 4.36. The Hall–Kier alpha value is -3.49. The van der Waals surface area contributed by atoms with Gasteiger partial charge in [-0.15, -0.1) is 0 Å². The van der Waals surface area contributed by atoms with Crippen LogP contribution in [0.3, 0.4) is 0 Å². The Morgan fingerprint density at radius 2 is 1.90 bits per heavy atom. The minimum Gasteiger partial charge on any atom is -0.460 e. The zero-order valence-corrected chi connectivity index (χ0v) is 15.7. The number of rotatable bonds is 5. The molecule has 2 aromatic rings. The second-order valence-corrected chi connectivity index (χ2v) is 6.79. The van der Waals surface area contributed by atoms with Crippen molar-refractivity contribution >= 4 is 22.1 Å². The molecule has 152 valence electrons. The number of carbonyl (C=O) groups is 1. The largest absolute Gasteiger partial charge is 0.460 e. The first-order valence-corrected chi connectivity index (χ1v) is 9.21. The monoisotopic (exact) mass is 424 g/mol. The molecule has 0 spiro atoms. The molecule has 1 aliphatic heterocycles. The highest BCUT2D eigenvalue weighted by Crippen LogP contribution is 2.33. The Morgan fingerprint density at radius 3 is 2.48 bits per heavy atom. The summed E-state index contributed by atoms with van der Waals surface area (Å²) in [6.07, 6.45) is -2.32. The van der Waals surface area contributed by atoms with Crippen molar-refractivity contribution in [3.8, 4) is 0 Å². The van der Waals surface area contributed by atoms with Crippen molar-refractivity contribution in [1.29, 1.82) is 0 Å². The maximum Gasteiger partial charge on any atom is 0.373 e. The Labute approximate surface area is 170 Å². The lowest BCUT2D eigenvalue weighted by atomic mass is 10.0. The Morgan fingerprint density at radius 1 is 1.28 bits per heavy atom. The fraction of sp³-hybridized carbons (Fsp3) is 0.158. The van der Waals surface area contributed by atoms with Gasteiger partial charge in [-0.3, -0.25) is 4.79 Å². The molecule has 0 radical (unpaired) electrons. The van der Waals surface area contributed by atoms with Gasteiger partial charge in [-0.05, 0) is 24.1 Å². The number of ether oxygens (including phenoxy) is 1. The van der Waals surface area contributed by atoms with Gasteiger partial charge in [0.05, 0.1) is 4.11 Å². The quantitative estimate of drug-likeness (QED) is 0.720. The molecule has 0 bridgehead atoms. The van der Waals surface area contributed by atoms with Crippen LogP contribution in [0.4, 0.5) is 4.39 Å². The van der Waals surface area contributed by atoms with E-state index in [1.807, 2.05) is 0 Å². The van der Waals surface area contributed by atoms with E-state index in [-0.39, 0.29) is 22.8 Å². The van der Waals surface area contributed by atoms with Gasteiger partial charge in [0.15, 0.2) is 6.08 Å². The van der Waals surface area contributed by atoms with Gasteiger partial charge in [-0.2, -0.15) is 18.0 Å². The molecule has 2 N–H and O–H groups in total. The summed E-state index contributed by atoms with van der Waals surface area (Å²) in [7, 11) is -5.07. The molecule has 8 nitrogen and oxygen atoms in total. The van der Waals surface area contributed by atoms with E-state index >= 15 is 0 Å². The third kappa shape index (κ3) is 5.50. The molecular weight excluding hydrogens is 405 g/mol. The van der Waals surface area contributed by atoms with E-state index in [2.05, 4.69) is 4.18 Å². The second-order valence-electron chi connectivity index (χ2n) is 5.51. The average molecular weight is 424 g/mol. The van der Waals surface area contributed by atoms with Gasteiger partial charge in [-0.1, -0.05) is 42.5 Å². The van der Waals surface area contributed by atoms with Crippen molar-refractivity contribution in [2.75, 3.05) is 0 Å². The first kappa shape index (κ1) is 17.6. The summed E-state index contributed by atoms with van der Waals surface area (Å²) in [5, 5.41) is 0. The van der Waals surface area contributed by atoms with E-state index < -0.39 is 45.1 Å². The number of hydrogen-bond donors (Lipinski definition) is 1. The van der Waals surface area contributed by atoms with Crippen LogP contribution in [0.1, 0.15) is 26.9 Å². The highest BCUT2D eigenvalue weighted by molar-refractivity contribution is 7.86. The highest BCUT2D eigenvalue weighted by atomic mass is 32.2. The molecule has 0 aliphatic carbocycles. The number of benzene rings is 2. The minimum atomic E-state index is -5.07. The van der Waals surface area contributed by atoms with Crippen LogP contribution in [-0.2, 0) is 39.1 Å². The summed E-state index contributed by atoms with van der Waals surface area (Å²) >= 11 is 0. The zero-order chi connectivity index (χ0) is 24.3. The molecule has 3 rings (SSSR count). The van der Waals surface area contributed by atoms with Crippen molar-refractivity contribution in [2.45, 2.75) is 18.7 Å². The normalized spacial score (nSPS) is 20.3. The van der Waals surface area contributed by atoms with Crippen LogP contribution < -0.4 is 5.73 Å². The predicted octanol–water partition coefficient (Wildman–Crippen LogP) is 1.87. The fourth-order valence-electron chi connectivity index (χ4n) is 2.20. The van der Waals surface area contributed by atoms with Crippen LogP contribution in [0, 0.1) is 12.7 Å². The molecule has 0 saturated heterocycles. The van der Waals surface area contributed by atoms with Gasteiger partial charge >= 0.3 is 16.3 Å². The van der Waals surface area contributed by atoms with Gasteiger partial charge in [0.2, 0.25) is 17.4 Å². The van der Waals surface area contributed by atoms with Crippen molar-refractivity contribution in [2.24, 2.45) is 5.73 Å². The number of nitrogens with two attached hydrogens (primary N) is 1. The van der Waals surface area contributed by atoms with Crippen LogP contribution in [-0.4, -0.2) is 20.4 Å². The average Bonchev–Trinajstić information content (AvgIpc) is 2.95. The van der Waals surface area contributed by atoms with Crippen molar-refractivity contribution in [3.63, 3.8) is 0 Å².